The van der Waals surface area contributed by atoms with Crippen LogP contribution < -0.4 is 0 Å². The SMILES string of the molecule is CCN(CC)CCC1CCN(CCC(C)C)CC1. The summed E-state index contributed by atoms with van der Waals surface area (Å²) in [5, 5.41) is 0. The van der Waals surface area contributed by atoms with Crippen molar-refractivity contribution in [3.8, 4) is 0 Å². The summed E-state index contributed by atoms with van der Waals surface area (Å²) in [6, 6.07) is 0. The first kappa shape index (κ1) is 16.0. The van der Waals surface area contributed by atoms with Gasteiger partial charge < -0.3 is 9.80 Å². The Morgan fingerprint density at radius 1 is 1.11 bits per heavy atom. The van der Waals surface area contributed by atoms with E-state index in [-0.39, 0.29) is 0 Å². The van der Waals surface area contributed by atoms with Gasteiger partial charge in [0.15, 0.2) is 0 Å². The highest BCUT2D eigenvalue weighted by atomic mass is 15.1. The molecule has 0 spiro atoms. The molecule has 0 aromatic heterocycles. The fourth-order valence-electron chi connectivity index (χ4n) is 2.84. The third kappa shape index (κ3) is 6.19. The topological polar surface area (TPSA) is 6.48 Å². The molecule has 1 fully saturated rings. The van der Waals surface area contributed by atoms with Crippen molar-refractivity contribution in [2.45, 2.75) is 53.4 Å². The molecule has 1 heterocycles. The second kappa shape index (κ2) is 8.92. The molecular formula is C16H34N2. The Morgan fingerprint density at radius 2 is 1.72 bits per heavy atom. The van der Waals surface area contributed by atoms with Gasteiger partial charge in [0, 0.05) is 0 Å². The molecule has 1 aliphatic heterocycles. The smallest absolute Gasteiger partial charge is 0.00161 e. The van der Waals surface area contributed by atoms with E-state index in [0.29, 0.717) is 0 Å². The van der Waals surface area contributed by atoms with Crippen LogP contribution in [-0.4, -0.2) is 49.1 Å². The van der Waals surface area contributed by atoms with E-state index in [1.807, 2.05) is 0 Å². The van der Waals surface area contributed by atoms with Crippen molar-refractivity contribution in [1.82, 2.24) is 9.80 Å². The Balaban J connectivity index is 2.11. The fourth-order valence-corrected chi connectivity index (χ4v) is 2.84. The largest absolute Gasteiger partial charge is 0.304 e. The highest BCUT2D eigenvalue weighted by Crippen LogP contribution is 2.21. The molecule has 0 aromatic carbocycles. The fraction of sp³-hybridized carbons (Fsp3) is 1.00. The third-order valence-electron chi connectivity index (χ3n) is 4.48. The minimum absolute atomic E-state index is 0.852. The molecule has 2 heteroatoms. The van der Waals surface area contributed by atoms with Crippen molar-refractivity contribution in [2.24, 2.45) is 11.8 Å². The molecule has 0 atom stereocenters. The summed E-state index contributed by atoms with van der Waals surface area (Å²) in [7, 11) is 0. The lowest BCUT2D eigenvalue weighted by Crippen LogP contribution is -2.36. The minimum atomic E-state index is 0.852. The molecule has 2 nitrogen and oxygen atoms in total. The van der Waals surface area contributed by atoms with E-state index in [1.54, 1.807) is 0 Å². The summed E-state index contributed by atoms with van der Waals surface area (Å²) in [6.07, 6.45) is 5.64. The van der Waals surface area contributed by atoms with Gasteiger partial charge in [0.2, 0.25) is 0 Å². The maximum absolute atomic E-state index is 2.67. The zero-order valence-corrected chi connectivity index (χ0v) is 13.1. The lowest BCUT2D eigenvalue weighted by Gasteiger charge is -2.33. The average molecular weight is 254 g/mol. The molecule has 1 saturated heterocycles. The van der Waals surface area contributed by atoms with E-state index in [2.05, 4.69) is 37.5 Å². The Morgan fingerprint density at radius 3 is 2.22 bits per heavy atom. The number of likely N-dealkylation sites (tertiary alicyclic amines) is 1. The molecule has 0 bridgehead atoms. The standard InChI is InChI=1S/C16H34N2/c1-5-17(6-2)12-8-16-9-13-18(14-10-16)11-7-15(3)4/h15-16H,5-14H2,1-4H3. The van der Waals surface area contributed by atoms with Crippen LogP contribution in [0.25, 0.3) is 0 Å². The zero-order valence-electron chi connectivity index (χ0n) is 13.1. The molecule has 0 radical (unpaired) electrons. The lowest BCUT2D eigenvalue weighted by molar-refractivity contribution is 0.160. The molecule has 18 heavy (non-hydrogen) atoms. The van der Waals surface area contributed by atoms with Gasteiger partial charge in [-0.2, -0.15) is 0 Å². The van der Waals surface area contributed by atoms with Gasteiger partial charge in [0.1, 0.15) is 0 Å². The van der Waals surface area contributed by atoms with Gasteiger partial charge in [-0.3, -0.25) is 0 Å². The lowest BCUT2D eigenvalue weighted by atomic mass is 9.93. The van der Waals surface area contributed by atoms with Gasteiger partial charge >= 0.3 is 0 Å². The zero-order chi connectivity index (χ0) is 13.4. The third-order valence-corrected chi connectivity index (χ3v) is 4.48. The first-order valence-corrected chi connectivity index (χ1v) is 8.10. The average Bonchev–Trinajstić information content (AvgIpc) is 2.39. The minimum Gasteiger partial charge on any atom is -0.304 e. The van der Waals surface area contributed by atoms with Crippen LogP contribution in [0.5, 0.6) is 0 Å². The predicted octanol–water partition coefficient (Wildman–Crippen LogP) is 3.48. The van der Waals surface area contributed by atoms with Gasteiger partial charge in [-0.25, -0.2) is 0 Å². The van der Waals surface area contributed by atoms with E-state index < -0.39 is 0 Å². The summed E-state index contributed by atoms with van der Waals surface area (Å²) in [4.78, 5) is 5.24. The molecule has 0 amide bonds. The maximum atomic E-state index is 2.67. The monoisotopic (exact) mass is 254 g/mol. The number of piperidine rings is 1. The van der Waals surface area contributed by atoms with Crippen LogP contribution in [0.4, 0.5) is 0 Å². The van der Waals surface area contributed by atoms with E-state index in [1.165, 1.54) is 65.0 Å². The van der Waals surface area contributed by atoms with Crippen molar-refractivity contribution in [2.75, 3.05) is 39.3 Å². The van der Waals surface area contributed by atoms with Gasteiger partial charge in [0.05, 0.1) is 0 Å². The molecule has 1 aliphatic rings. The normalized spacial score (nSPS) is 19.0. The van der Waals surface area contributed by atoms with Crippen LogP contribution in [0.3, 0.4) is 0 Å². The highest BCUT2D eigenvalue weighted by Gasteiger charge is 2.19. The first-order chi connectivity index (χ1) is 8.65. The Kier molecular flexibility index (Phi) is 7.92. The summed E-state index contributed by atoms with van der Waals surface area (Å²) < 4.78 is 0. The van der Waals surface area contributed by atoms with Crippen molar-refractivity contribution in [3.63, 3.8) is 0 Å². The number of rotatable bonds is 8. The van der Waals surface area contributed by atoms with Crippen molar-refractivity contribution < 1.29 is 0 Å². The summed E-state index contributed by atoms with van der Waals surface area (Å²) in [5.41, 5.74) is 0. The van der Waals surface area contributed by atoms with Crippen LogP contribution in [0, 0.1) is 11.8 Å². The Bertz CT molecular complexity index is 191. The maximum Gasteiger partial charge on any atom is -0.00161 e. The summed E-state index contributed by atoms with van der Waals surface area (Å²) >= 11 is 0. The van der Waals surface area contributed by atoms with Crippen LogP contribution in [0.1, 0.15) is 53.4 Å². The van der Waals surface area contributed by atoms with Crippen LogP contribution in [-0.2, 0) is 0 Å². The summed E-state index contributed by atoms with van der Waals surface area (Å²) in [6.45, 7) is 17.0. The quantitative estimate of drug-likeness (QED) is 0.654. The van der Waals surface area contributed by atoms with Gasteiger partial charge in [-0.1, -0.05) is 27.7 Å². The van der Waals surface area contributed by atoms with E-state index in [0.717, 1.165) is 11.8 Å². The van der Waals surface area contributed by atoms with Gasteiger partial charge in [0.25, 0.3) is 0 Å². The number of hydrogen-bond donors (Lipinski definition) is 0. The Hall–Kier alpha value is -0.0800. The molecule has 0 saturated carbocycles. The second-order valence-corrected chi connectivity index (χ2v) is 6.28. The molecule has 0 aliphatic carbocycles. The predicted molar refractivity (Wildman–Crippen MR) is 81.0 cm³/mol. The van der Waals surface area contributed by atoms with Crippen molar-refractivity contribution >= 4 is 0 Å². The molecule has 0 aromatic rings. The summed E-state index contributed by atoms with van der Waals surface area (Å²) in [5.74, 6) is 1.84. The molecule has 0 unspecified atom stereocenters. The van der Waals surface area contributed by atoms with E-state index >= 15 is 0 Å². The molecular weight excluding hydrogens is 220 g/mol. The van der Waals surface area contributed by atoms with Crippen molar-refractivity contribution in [1.29, 1.82) is 0 Å². The van der Waals surface area contributed by atoms with Gasteiger partial charge in [-0.15, -0.1) is 0 Å². The number of nitrogens with zero attached hydrogens (tertiary/aromatic N) is 2. The molecule has 1 rings (SSSR count). The van der Waals surface area contributed by atoms with Crippen LogP contribution >= 0.6 is 0 Å². The number of hydrogen-bond acceptors (Lipinski definition) is 2. The van der Waals surface area contributed by atoms with E-state index in [4.69, 9.17) is 0 Å². The Labute approximate surface area is 115 Å². The first-order valence-electron chi connectivity index (χ1n) is 8.10. The highest BCUT2D eigenvalue weighted by molar-refractivity contribution is 4.73. The van der Waals surface area contributed by atoms with E-state index in [9.17, 15) is 0 Å². The van der Waals surface area contributed by atoms with Crippen LogP contribution in [0.2, 0.25) is 0 Å². The van der Waals surface area contributed by atoms with Crippen LogP contribution in [0.15, 0.2) is 0 Å². The van der Waals surface area contributed by atoms with Gasteiger partial charge in [-0.05, 0) is 76.8 Å². The second-order valence-electron chi connectivity index (χ2n) is 6.28. The molecule has 0 N–H and O–H groups in total. The molecule has 108 valence electrons. The van der Waals surface area contributed by atoms with Crippen molar-refractivity contribution in [3.05, 3.63) is 0 Å².